The van der Waals surface area contributed by atoms with Gasteiger partial charge in [0.15, 0.2) is 11.5 Å². The zero-order valence-electron chi connectivity index (χ0n) is 14.5. The number of carbonyl (C=O) groups is 2. The molecule has 138 valence electrons. The first-order valence-corrected chi connectivity index (χ1v) is 9.22. The summed E-state index contributed by atoms with van der Waals surface area (Å²) < 4.78 is 10.7. The minimum Gasteiger partial charge on any atom is -0.480 e. The molecule has 0 radical (unpaired) electrons. The highest BCUT2D eigenvalue weighted by Gasteiger charge is 2.25. The number of nitrogens with zero attached hydrogens (tertiary/aromatic N) is 1. The molecule has 2 atom stereocenters. The van der Waals surface area contributed by atoms with Gasteiger partial charge in [0.1, 0.15) is 11.0 Å². The highest BCUT2D eigenvalue weighted by atomic mass is 32.1. The number of carboxylic acids is 1. The smallest absolute Gasteiger partial charge is 0.326 e. The Morgan fingerprint density at radius 1 is 1.35 bits per heavy atom. The summed E-state index contributed by atoms with van der Waals surface area (Å²) in [5, 5.41) is 14.4. The largest absolute Gasteiger partial charge is 0.480 e. The minimum atomic E-state index is -1.02. The van der Waals surface area contributed by atoms with Crippen LogP contribution in [0.15, 0.2) is 23.6 Å². The molecule has 3 rings (SSSR count). The number of aliphatic carboxylic acids is 1. The van der Waals surface area contributed by atoms with Gasteiger partial charge in [0, 0.05) is 10.9 Å². The van der Waals surface area contributed by atoms with Crippen molar-refractivity contribution in [2.45, 2.75) is 32.7 Å². The summed E-state index contributed by atoms with van der Waals surface area (Å²) in [5.74, 6) is -0.132. The maximum absolute atomic E-state index is 12.2. The monoisotopic (exact) mass is 376 g/mol. The van der Waals surface area contributed by atoms with E-state index in [0.29, 0.717) is 23.6 Å². The number of ether oxygens (including phenoxy) is 2. The quantitative estimate of drug-likeness (QED) is 0.771. The standard InChI is InChI=1S/C18H20N2O5S/c1-3-10(2)16(18(22)23)20-15(21)7-12-8-26-17(19-12)11-4-5-13-14(6-11)25-9-24-13/h4-6,8,10,16H,3,7,9H2,1-2H3,(H,20,21)(H,22,23)/t10-,16-/m0/s1. The molecule has 0 saturated carbocycles. The fourth-order valence-corrected chi connectivity index (χ4v) is 3.44. The second-order valence-corrected chi connectivity index (χ2v) is 7.02. The number of thiazole rings is 1. The minimum absolute atomic E-state index is 0.0429. The number of benzene rings is 1. The average Bonchev–Trinajstić information content (AvgIpc) is 3.27. The summed E-state index contributed by atoms with van der Waals surface area (Å²) >= 11 is 1.42. The van der Waals surface area contributed by atoms with Crippen LogP contribution in [0.25, 0.3) is 10.6 Å². The molecule has 1 amide bonds. The third-order valence-electron chi connectivity index (χ3n) is 4.31. The number of carboxylic acid groups (broad SMARTS) is 1. The fourth-order valence-electron chi connectivity index (χ4n) is 2.62. The average molecular weight is 376 g/mol. The third-order valence-corrected chi connectivity index (χ3v) is 5.25. The molecular formula is C18H20N2O5S. The van der Waals surface area contributed by atoms with Gasteiger partial charge in [-0.2, -0.15) is 0 Å². The van der Waals surface area contributed by atoms with Crippen LogP contribution in [0.3, 0.4) is 0 Å². The molecule has 0 bridgehead atoms. The van der Waals surface area contributed by atoms with E-state index in [9.17, 15) is 14.7 Å². The first kappa shape index (κ1) is 18.2. The molecule has 0 saturated heterocycles. The van der Waals surface area contributed by atoms with E-state index in [2.05, 4.69) is 10.3 Å². The SMILES string of the molecule is CC[C@H](C)[C@H](NC(=O)Cc1csc(-c2ccc3c(c2)OCO3)n1)C(=O)O. The highest BCUT2D eigenvalue weighted by Crippen LogP contribution is 2.36. The van der Waals surface area contributed by atoms with E-state index in [4.69, 9.17) is 9.47 Å². The van der Waals surface area contributed by atoms with Gasteiger partial charge >= 0.3 is 5.97 Å². The Hall–Kier alpha value is -2.61. The molecule has 0 spiro atoms. The molecule has 2 N–H and O–H groups in total. The number of amides is 1. The van der Waals surface area contributed by atoms with E-state index < -0.39 is 12.0 Å². The van der Waals surface area contributed by atoms with E-state index in [1.165, 1.54) is 11.3 Å². The predicted molar refractivity (Wildman–Crippen MR) is 96.4 cm³/mol. The van der Waals surface area contributed by atoms with E-state index >= 15 is 0 Å². The van der Waals surface area contributed by atoms with Gasteiger partial charge in [-0.3, -0.25) is 4.79 Å². The van der Waals surface area contributed by atoms with Gasteiger partial charge in [0.25, 0.3) is 0 Å². The molecule has 0 fully saturated rings. The van der Waals surface area contributed by atoms with Crippen molar-refractivity contribution in [1.82, 2.24) is 10.3 Å². The molecule has 7 nitrogen and oxygen atoms in total. The van der Waals surface area contributed by atoms with Crippen molar-refractivity contribution in [2.24, 2.45) is 5.92 Å². The number of hydrogen-bond acceptors (Lipinski definition) is 6. The van der Waals surface area contributed by atoms with E-state index in [1.54, 1.807) is 12.3 Å². The Bertz CT molecular complexity index is 820. The number of fused-ring (bicyclic) bond motifs is 1. The van der Waals surface area contributed by atoms with E-state index in [0.717, 1.165) is 10.6 Å². The Balaban J connectivity index is 1.66. The van der Waals surface area contributed by atoms with Gasteiger partial charge in [0.05, 0.1) is 12.1 Å². The van der Waals surface area contributed by atoms with Crippen LogP contribution in [0.5, 0.6) is 11.5 Å². The Morgan fingerprint density at radius 2 is 2.12 bits per heavy atom. The third kappa shape index (κ3) is 3.96. The summed E-state index contributed by atoms with van der Waals surface area (Å²) in [5.41, 5.74) is 1.49. The predicted octanol–water partition coefficient (Wildman–Crippen LogP) is 2.70. The van der Waals surface area contributed by atoms with Crippen LogP contribution in [0.2, 0.25) is 0 Å². The molecule has 2 aromatic rings. The van der Waals surface area contributed by atoms with Crippen molar-refractivity contribution in [3.8, 4) is 22.1 Å². The van der Waals surface area contributed by atoms with Crippen LogP contribution in [-0.2, 0) is 16.0 Å². The summed E-state index contributed by atoms with van der Waals surface area (Å²) in [4.78, 5) is 28.0. The molecule has 26 heavy (non-hydrogen) atoms. The first-order valence-electron chi connectivity index (χ1n) is 8.34. The van der Waals surface area contributed by atoms with E-state index in [-0.39, 0.29) is 25.0 Å². The lowest BCUT2D eigenvalue weighted by molar-refractivity contribution is -0.143. The summed E-state index contributed by atoms with van der Waals surface area (Å²) in [6.45, 7) is 3.91. The molecule has 0 unspecified atom stereocenters. The van der Waals surface area contributed by atoms with Gasteiger partial charge in [0.2, 0.25) is 12.7 Å². The van der Waals surface area contributed by atoms with Crippen LogP contribution >= 0.6 is 11.3 Å². The zero-order valence-corrected chi connectivity index (χ0v) is 15.3. The van der Waals surface area contributed by atoms with Crippen LogP contribution < -0.4 is 14.8 Å². The summed E-state index contributed by atoms with van der Waals surface area (Å²) in [6.07, 6.45) is 0.712. The van der Waals surface area contributed by atoms with Gasteiger partial charge in [-0.05, 0) is 24.1 Å². The maximum Gasteiger partial charge on any atom is 0.326 e. The second kappa shape index (κ2) is 7.74. The Labute approximate surface area is 155 Å². The van der Waals surface area contributed by atoms with Crippen molar-refractivity contribution < 1.29 is 24.2 Å². The normalized spacial score (nSPS) is 14.7. The maximum atomic E-state index is 12.2. The fraction of sp³-hybridized carbons (Fsp3) is 0.389. The van der Waals surface area contributed by atoms with E-state index in [1.807, 2.05) is 25.1 Å². The lowest BCUT2D eigenvalue weighted by Gasteiger charge is -2.19. The van der Waals surface area contributed by atoms with Gasteiger partial charge in [-0.1, -0.05) is 20.3 Å². The highest BCUT2D eigenvalue weighted by molar-refractivity contribution is 7.13. The molecule has 1 aliphatic rings. The lowest BCUT2D eigenvalue weighted by atomic mass is 9.99. The van der Waals surface area contributed by atoms with Gasteiger partial charge < -0.3 is 19.9 Å². The Kier molecular flexibility index (Phi) is 5.41. The van der Waals surface area contributed by atoms with Crippen LogP contribution in [0.1, 0.15) is 26.0 Å². The second-order valence-electron chi connectivity index (χ2n) is 6.16. The Morgan fingerprint density at radius 3 is 2.85 bits per heavy atom. The van der Waals surface area contributed by atoms with Crippen molar-refractivity contribution >= 4 is 23.2 Å². The molecule has 1 aromatic carbocycles. The molecule has 0 aliphatic carbocycles. The van der Waals surface area contributed by atoms with Crippen LogP contribution in [0.4, 0.5) is 0 Å². The summed E-state index contributed by atoms with van der Waals surface area (Å²) in [7, 11) is 0. The van der Waals surface area contributed by atoms with Crippen molar-refractivity contribution in [3.63, 3.8) is 0 Å². The zero-order chi connectivity index (χ0) is 18.7. The van der Waals surface area contributed by atoms with Gasteiger partial charge in [-0.15, -0.1) is 11.3 Å². The number of rotatable bonds is 7. The summed E-state index contributed by atoms with van der Waals surface area (Å²) in [6, 6.07) is 4.68. The van der Waals surface area contributed by atoms with Crippen molar-refractivity contribution in [3.05, 3.63) is 29.3 Å². The number of carbonyl (C=O) groups excluding carboxylic acids is 1. The lowest BCUT2D eigenvalue weighted by Crippen LogP contribution is -2.45. The molecule has 1 aliphatic heterocycles. The number of nitrogens with one attached hydrogen (secondary N) is 1. The molecule has 2 heterocycles. The van der Waals surface area contributed by atoms with Crippen molar-refractivity contribution in [1.29, 1.82) is 0 Å². The molecule has 1 aromatic heterocycles. The number of hydrogen-bond donors (Lipinski definition) is 2. The number of aromatic nitrogens is 1. The van der Waals surface area contributed by atoms with Gasteiger partial charge in [-0.25, -0.2) is 9.78 Å². The van der Waals surface area contributed by atoms with Crippen molar-refractivity contribution in [2.75, 3.05) is 6.79 Å². The van der Waals surface area contributed by atoms with Crippen LogP contribution in [-0.4, -0.2) is 34.8 Å². The molecular weight excluding hydrogens is 356 g/mol. The topological polar surface area (TPSA) is 97.8 Å². The molecule has 8 heteroatoms. The van der Waals surface area contributed by atoms with Crippen LogP contribution in [0, 0.1) is 5.92 Å². The first-order chi connectivity index (χ1) is 12.5.